The van der Waals surface area contributed by atoms with E-state index >= 15 is 0 Å². The minimum Gasteiger partial charge on any atom is -0.481 e. The van der Waals surface area contributed by atoms with Gasteiger partial charge < -0.3 is 20.2 Å². The fourth-order valence-corrected chi connectivity index (χ4v) is 7.15. The van der Waals surface area contributed by atoms with Gasteiger partial charge in [0.2, 0.25) is 5.91 Å². The van der Waals surface area contributed by atoms with Crippen molar-refractivity contribution in [2.75, 3.05) is 31.1 Å². The number of nitrogens with one attached hydrogen (secondary N) is 1. The van der Waals surface area contributed by atoms with Crippen LogP contribution in [0.1, 0.15) is 65.2 Å². The van der Waals surface area contributed by atoms with Crippen LogP contribution in [0.5, 0.6) is 0 Å². The van der Waals surface area contributed by atoms with Crippen LogP contribution in [0.2, 0.25) is 0 Å². The summed E-state index contributed by atoms with van der Waals surface area (Å²) in [5, 5.41) is 12.2. The highest BCUT2D eigenvalue weighted by atomic mass is 32.1. The number of benzene rings is 2. The molecule has 2 amide bonds. The number of carboxylic acid groups (broad SMARTS) is 1. The van der Waals surface area contributed by atoms with Crippen molar-refractivity contribution in [2.45, 2.75) is 57.4 Å². The van der Waals surface area contributed by atoms with Crippen molar-refractivity contribution in [3.8, 4) is 11.4 Å². The maximum atomic E-state index is 13.5. The fourth-order valence-electron chi connectivity index (χ4n) is 6.18. The molecule has 2 aromatic heterocycles. The van der Waals surface area contributed by atoms with E-state index in [1.54, 1.807) is 6.07 Å². The van der Waals surface area contributed by atoms with Crippen LogP contribution in [-0.4, -0.2) is 70.0 Å². The van der Waals surface area contributed by atoms with E-state index in [0.29, 0.717) is 16.6 Å². The highest BCUT2D eigenvalue weighted by molar-refractivity contribution is 7.14. The number of rotatable bonds is 9. The molecule has 1 atom stereocenters. The van der Waals surface area contributed by atoms with Crippen LogP contribution in [0.15, 0.2) is 79.1 Å². The number of carbonyl (C=O) groups excluding carboxylic acids is 2. The fraction of sp³-hybridized carbons (Fsp3) is 0.378. The summed E-state index contributed by atoms with van der Waals surface area (Å²) in [4.78, 5) is 52.9. The van der Waals surface area contributed by atoms with Gasteiger partial charge in [0.1, 0.15) is 6.04 Å². The number of carbonyl (C=O) groups is 3. The lowest BCUT2D eigenvalue weighted by Crippen LogP contribution is -2.59. The first kappa shape index (κ1) is 32.4. The minimum atomic E-state index is -0.915. The second kappa shape index (κ2) is 13.7. The van der Waals surface area contributed by atoms with Crippen molar-refractivity contribution in [3.63, 3.8) is 0 Å². The van der Waals surface area contributed by atoms with Crippen molar-refractivity contribution in [2.24, 2.45) is 5.92 Å². The predicted octanol–water partition coefficient (Wildman–Crippen LogP) is 5.77. The number of hydrogen-bond donors (Lipinski definition) is 2. The Balaban J connectivity index is 1.10. The van der Waals surface area contributed by atoms with E-state index in [0.717, 1.165) is 47.6 Å². The maximum Gasteiger partial charge on any atom is 0.310 e. The van der Waals surface area contributed by atoms with Crippen molar-refractivity contribution >= 4 is 34.8 Å². The van der Waals surface area contributed by atoms with Gasteiger partial charge in [-0.25, -0.2) is 9.97 Å². The Morgan fingerprint density at radius 1 is 0.936 bits per heavy atom. The molecule has 6 rings (SSSR count). The van der Waals surface area contributed by atoms with E-state index in [4.69, 9.17) is 0 Å². The monoisotopic (exact) mass is 651 g/mol. The Morgan fingerprint density at radius 2 is 1.60 bits per heavy atom. The maximum absolute atomic E-state index is 13.5. The zero-order valence-corrected chi connectivity index (χ0v) is 27.9. The molecule has 2 fully saturated rings. The molecule has 2 aromatic carbocycles. The van der Waals surface area contributed by atoms with Crippen molar-refractivity contribution in [1.29, 1.82) is 0 Å². The van der Waals surface area contributed by atoms with Crippen molar-refractivity contribution in [3.05, 3.63) is 100 Å². The molecule has 0 saturated carbocycles. The average Bonchev–Trinajstić information content (AvgIpc) is 3.56. The quantitative estimate of drug-likeness (QED) is 0.236. The summed E-state index contributed by atoms with van der Waals surface area (Å²) in [6.45, 7) is 8.49. The number of likely N-dealkylation sites (tertiary alicyclic amines) is 1. The molecule has 0 spiro atoms. The second-order valence-electron chi connectivity index (χ2n) is 13.6. The molecule has 2 N–H and O–H groups in total. The lowest BCUT2D eigenvalue weighted by Gasteiger charge is -2.38. The number of hydrogen-bond acceptors (Lipinski definition) is 7. The van der Waals surface area contributed by atoms with Crippen LogP contribution >= 0.6 is 11.3 Å². The molecule has 244 valence electrons. The van der Waals surface area contributed by atoms with Crippen LogP contribution < -0.4 is 10.2 Å². The first-order chi connectivity index (χ1) is 22.5. The van der Waals surface area contributed by atoms with Crippen molar-refractivity contribution < 1.29 is 19.5 Å². The number of carboxylic acids is 1. The number of thiophene rings is 1. The third-order valence-corrected chi connectivity index (χ3v) is 10.6. The topological polar surface area (TPSA) is 116 Å². The molecule has 9 nitrogen and oxygen atoms in total. The van der Waals surface area contributed by atoms with E-state index in [9.17, 15) is 19.5 Å². The van der Waals surface area contributed by atoms with E-state index in [1.165, 1.54) is 21.8 Å². The van der Waals surface area contributed by atoms with Crippen LogP contribution in [0.4, 0.5) is 5.69 Å². The molecule has 2 saturated heterocycles. The molecule has 4 aromatic rings. The van der Waals surface area contributed by atoms with Gasteiger partial charge >= 0.3 is 5.97 Å². The number of aromatic nitrogens is 2. The second-order valence-corrected chi connectivity index (χ2v) is 14.6. The van der Waals surface area contributed by atoms with Gasteiger partial charge in [-0.1, -0.05) is 75.4 Å². The first-order valence-electron chi connectivity index (χ1n) is 16.2. The van der Waals surface area contributed by atoms with E-state index in [1.807, 2.05) is 42.7 Å². The average molecular weight is 652 g/mol. The van der Waals surface area contributed by atoms with Gasteiger partial charge in [-0.3, -0.25) is 14.4 Å². The molecule has 0 unspecified atom stereocenters. The highest BCUT2D eigenvalue weighted by Gasteiger charge is 2.39. The third kappa shape index (κ3) is 7.54. The third-order valence-electron chi connectivity index (χ3n) is 9.14. The number of amides is 2. The SMILES string of the molecule is CC(C)(C)c1ccc(C(=O)N[C@@H](Cc2ccc(-c3ncc(N4CCC(c5ccccc5)CC4)cn3)cc2)C(=O)N2CC(C(=O)O)C2)s1. The number of aliphatic carboxylic acids is 1. The number of piperidine rings is 1. The van der Waals surface area contributed by atoms with Gasteiger partial charge in [0.05, 0.1) is 28.9 Å². The van der Waals surface area contributed by atoms with E-state index in [2.05, 4.69) is 71.3 Å². The summed E-state index contributed by atoms with van der Waals surface area (Å²) in [7, 11) is 0. The van der Waals surface area contributed by atoms with E-state index in [-0.39, 0.29) is 36.7 Å². The highest BCUT2D eigenvalue weighted by Crippen LogP contribution is 2.31. The lowest BCUT2D eigenvalue weighted by atomic mass is 9.89. The molecule has 4 heterocycles. The Bertz CT molecular complexity index is 1700. The standard InChI is InChI=1S/C37H41N5O4S/c1-37(2,3)32-14-13-31(47-32)34(43)40-30(35(44)42-22-28(23-42)36(45)46)19-24-9-11-27(12-10-24)33-38-20-29(21-39-33)41-17-15-26(16-18-41)25-7-5-4-6-8-25/h4-14,20-21,26,28,30H,15-19,22-23H2,1-3H3,(H,40,43)(H,45,46)/t30-/m0/s1. The zero-order valence-electron chi connectivity index (χ0n) is 27.1. The molecule has 0 aliphatic carbocycles. The molecule has 2 aliphatic heterocycles. The van der Waals surface area contributed by atoms with Crippen LogP contribution in [-0.2, 0) is 21.4 Å². The molecular formula is C37H41N5O4S. The van der Waals surface area contributed by atoms with Crippen LogP contribution in [0, 0.1) is 5.92 Å². The van der Waals surface area contributed by atoms with Crippen LogP contribution in [0.25, 0.3) is 11.4 Å². The Kier molecular flexibility index (Phi) is 9.40. The summed E-state index contributed by atoms with van der Waals surface area (Å²) in [5.74, 6) is -0.880. The first-order valence-corrected chi connectivity index (χ1v) is 17.0. The predicted molar refractivity (Wildman–Crippen MR) is 184 cm³/mol. The smallest absolute Gasteiger partial charge is 0.310 e. The summed E-state index contributed by atoms with van der Waals surface area (Å²) < 4.78 is 0. The largest absolute Gasteiger partial charge is 0.481 e. The molecule has 0 radical (unpaired) electrons. The van der Waals surface area contributed by atoms with E-state index < -0.39 is 17.9 Å². The molecular weight excluding hydrogens is 611 g/mol. The van der Waals surface area contributed by atoms with Gasteiger partial charge in [-0.15, -0.1) is 11.3 Å². The molecule has 47 heavy (non-hydrogen) atoms. The lowest BCUT2D eigenvalue weighted by molar-refractivity contribution is -0.153. The molecule has 0 bridgehead atoms. The summed E-state index contributed by atoms with van der Waals surface area (Å²) in [6.07, 6.45) is 6.24. The summed E-state index contributed by atoms with van der Waals surface area (Å²) >= 11 is 1.42. The number of nitrogens with zero attached hydrogens (tertiary/aromatic N) is 4. The molecule has 2 aliphatic rings. The Hall–Kier alpha value is -4.57. The Morgan fingerprint density at radius 3 is 2.19 bits per heavy atom. The molecule has 10 heteroatoms. The van der Waals surface area contributed by atoms with Gasteiger partial charge in [-0.05, 0) is 47.4 Å². The Labute approximate surface area is 279 Å². The van der Waals surface area contributed by atoms with Crippen LogP contribution in [0.3, 0.4) is 0 Å². The summed E-state index contributed by atoms with van der Waals surface area (Å²) in [6, 6.07) is 21.3. The van der Waals surface area contributed by atoms with Gasteiger partial charge in [0.15, 0.2) is 5.82 Å². The number of anilines is 1. The van der Waals surface area contributed by atoms with Gasteiger partial charge in [0, 0.05) is 43.0 Å². The normalized spacial score (nSPS) is 16.4. The van der Waals surface area contributed by atoms with Crippen molar-refractivity contribution in [1.82, 2.24) is 20.2 Å². The van der Waals surface area contributed by atoms with Gasteiger partial charge in [0.25, 0.3) is 5.91 Å². The zero-order chi connectivity index (χ0) is 33.1. The summed E-state index contributed by atoms with van der Waals surface area (Å²) in [5.41, 5.74) is 4.06. The van der Waals surface area contributed by atoms with Gasteiger partial charge in [-0.2, -0.15) is 0 Å². The minimum absolute atomic E-state index is 0.0899.